The van der Waals surface area contributed by atoms with E-state index < -0.39 is 178 Å². The van der Waals surface area contributed by atoms with Crippen molar-refractivity contribution in [2.24, 2.45) is 52.1 Å². The number of carbonyl (C=O) groups is 16. The number of ketones is 7. The van der Waals surface area contributed by atoms with Crippen LogP contribution in [0.3, 0.4) is 0 Å². The van der Waals surface area contributed by atoms with Gasteiger partial charge >= 0.3 is 0 Å². The van der Waals surface area contributed by atoms with Crippen molar-refractivity contribution < 1.29 is 96.4 Å². The largest absolute Gasteiger partial charge is 0.545 e. The highest BCUT2D eigenvalue weighted by atomic mass is 33.1. The number of primary amides is 1. The van der Waals surface area contributed by atoms with Crippen LogP contribution >= 0.6 is 21.6 Å². The minimum Gasteiger partial charge on any atom is -0.545 e. The van der Waals surface area contributed by atoms with E-state index in [1.165, 1.54) is 141 Å². The number of nitrogens with two attached hydrogens (primary N) is 1. The van der Waals surface area contributed by atoms with Gasteiger partial charge in [-0.15, -0.1) is 0 Å². The number of phenols is 2. The molecule has 3 aromatic heterocycles. The molecule has 4 aliphatic rings. The van der Waals surface area contributed by atoms with Crippen LogP contribution in [0.15, 0.2) is 179 Å². The maximum absolute atomic E-state index is 15.7. The summed E-state index contributed by atoms with van der Waals surface area (Å²) in [5, 5.41) is 50.6. The van der Waals surface area contributed by atoms with Crippen LogP contribution in [0.2, 0.25) is 0 Å². The Morgan fingerprint density at radius 1 is 0.514 bits per heavy atom. The number of H-pyrrole nitrogens is 3. The minimum absolute atomic E-state index is 0.00146. The molecule has 32 nitrogen and oxygen atoms in total. The molecular formula is C114H132N11O21S2-. The monoisotopic (exact) mass is 2050 g/mol. The molecule has 13 rings (SSSR count). The topological polar surface area (TPSA) is 507 Å². The zero-order valence-corrected chi connectivity index (χ0v) is 87.4. The van der Waals surface area contributed by atoms with Crippen molar-refractivity contribution >= 4 is 159 Å². The number of amides is 8. The number of Topliss-reactive ketones (excluding diaryl/α,β-unsaturated/α-hetero) is 7. The van der Waals surface area contributed by atoms with Gasteiger partial charge in [-0.05, 0) is 179 Å². The average molecular weight is 2060 g/mol. The van der Waals surface area contributed by atoms with Gasteiger partial charge in [0.05, 0.1) is 46.0 Å². The molecule has 782 valence electrons. The van der Waals surface area contributed by atoms with Gasteiger partial charge in [-0.2, -0.15) is 0 Å². The van der Waals surface area contributed by atoms with E-state index in [-0.39, 0.29) is 151 Å². The summed E-state index contributed by atoms with van der Waals surface area (Å²) in [4.78, 5) is 257. The van der Waals surface area contributed by atoms with Crippen molar-refractivity contribution in [1.82, 2.24) is 51.3 Å². The summed E-state index contributed by atoms with van der Waals surface area (Å²) in [6.07, 6.45) is 4.60. The van der Waals surface area contributed by atoms with E-state index >= 15 is 33.6 Å². The Balaban J connectivity index is 0.642. The van der Waals surface area contributed by atoms with Gasteiger partial charge in [0, 0.05) is 197 Å². The number of rotatable bonds is 51. The number of nitrogens with one attached hydrogen (secondary N) is 8. The number of carboxylic acids is 1. The smallest absolute Gasteiger partial charge is 0.246 e. The van der Waals surface area contributed by atoms with Crippen molar-refractivity contribution in [3.8, 4) is 33.9 Å². The molecule has 2 saturated heterocycles. The molecule has 9 atom stereocenters. The molecule has 8 amide bonds. The lowest BCUT2D eigenvalue weighted by atomic mass is 9.79. The average Bonchev–Trinajstić information content (AvgIpc) is 1.07. The Bertz CT molecular complexity index is 6920. The van der Waals surface area contributed by atoms with Crippen LogP contribution in [0.25, 0.3) is 66.1 Å². The van der Waals surface area contributed by atoms with Crippen LogP contribution in [0.4, 0.5) is 0 Å². The molecule has 6 aromatic carbocycles. The number of benzene rings is 7. The van der Waals surface area contributed by atoms with Crippen molar-refractivity contribution in [2.75, 3.05) is 24.6 Å². The van der Waals surface area contributed by atoms with E-state index in [2.05, 4.69) is 41.5 Å². The number of aromatic carboxylic acids is 1. The number of hydrogen-bond donors (Lipinski definition) is 11. The quantitative estimate of drug-likeness (QED) is 0.00730. The molecule has 0 bridgehead atoms. The zero-order valence-electron chi connectivity index (χ0n) is 85.8. The minimum atomic E-state index is -1.72. The number of fused-ring (bicyclic) bond motifs is 5. The Hall–Kier alpha value is -14.2. The fourth-order valence-corrected chi connectivity index (χ4v) is 21.9. The summed E-state index contributed by atoms with van der Waals surface area (Å²) >= 11 is 0. The van der Waals surface area contributed by atoms with Crippen LogP contribution in [-0.2, 0) is 92.8 Å². The second kappa shape index (κ2) is 47.8. The Morgan fingerprint density at radius 2 is 1.05 bits per heavy atom. The van der Waals surface area contributed by atoms with Gasteiger partial charge in [0.2, 0.25) is 47.3 Å². The highest BCUT2D eigenvalue weighted by Crippen LogP contribution is 2.44. The van der Waals surface area contributed by atoms with E-state index in [9.17, 15) is 63.3 Å². The molecule has 3 aliphatic heterocycles. The van der Waals surface area contributed by atoms with Crippen LogP contribution in [0, 0.1) is 46.3 Å². The molecule has 0 spiro atoms. The van der Waals surface area contributed by atoms with Gasteiger partial charge < -0.3 is 81.6 Å². The van der Waals surface area contributed by atoms with E-state index in [4.69, 9.17) is 10.2 Å². The third-order valence-corrected chi connectivity index (χ3v) is 31.2. The number of hydrogen-bond acceptors (Lipinski definition) is 23. The molecule has 34 heteroatoms. The van der Waals surface area contributed by atoms with Crippen molar-refractivity contribution in [3.63, 3.8) is 0 Å². The summed E-state index contributed by atoms with van der Waals surface area (Å²) in [5.41, 5.74) is 5.05. The summed E-state index contributed by atoms with van der Waals surface area (Å²) < 4.78 is 5.92. The number of nitrogens with zero attached hydrogens (tertiary/aromatic N) is 2. The number of carboxylic acid groups (broad SMARTS) is 1. The van der Waals surface area contributed by atoms with Gasteiger partial charge in [0.1, 0.15) is 40.7 Å². The second-order valence-corrected chi connectivity index (χ2v) is 45.2. The standard InChI is InChI=1S/C114H133N11O21S2/c1-63(2)83(102(115)136)57-95(133)101(64(3)4)121-105(139)90-29-20-43-124(90)107(141)91-30-21-44-125(91)106(140)69(50-71-61-117-86-27-18-15-24-78(71)86)53-94(132)88(48-66-32-35-73(126)36-33-66)119-103(137)65(5)47-93(131)89(52-72-62-118-87-28-19-16-25-79(72)87)120-104(138)68(49-70-60-116-85-26-17-14-23-77(70)85)54-98(134)113(10,11)122-110(145)112(8,9)59-99(135)114(12,13)123-109(144)111(6,7)58-76(129)42-46-148-147-45-22-31-92(130)67-34-39-80(84(51-67)108(142)143)100-81-40-37-74(127)55-96(81)146-97-56-75(128)38-41-82(97)100/h14-19,23-28,32-41,51,55-56,60-65,68-69,83,88-91,101,116-118,126-127H,20-22,29-31,42-50,52-54,57-59H2,1-13H3,(H2,115,136)(H,119,137)(H,120,138)(H,121,139)(H,122,145)(H,123,144)(H,142,143)/p-1/t65-,68-,69-,83+,88+,89+,90+,91+,101+/m1/s1. The highest BCUT2D eigenvalue weighted by molar-refractivity contribution is 8.76. The van der Waals surface area contributed by atoms with E-state index in [1.54, 1.807) is 78.3 Å². The maximum Gasteiger partial charge on any atom is 0.246 e. The third kappa shape index (κ3) is 27.1. The molecule has 9 aromatic rings. The van der Waals surface area contributed by atoms with E-state index in [0.29, 0.717) is 69.5 Å². The first-order valence-corrected chi connectivity index (χ1v) is 52.9. The van der Waals surface area contributed by atoms with Gasteiger partial charge in [-0.1, -0.05) is 163 Å². The molecule has 1 aliphatic carbocycles. The van der Waals surface area contributed by atoms with Crippen molar-refractivity contribution in [3.05, 3.63) is 214 Å². The van der Waals surface area contributed by atoms with Gasteiger partial charge in [-0.3, -0.25) is 76.7 Å². The van der Waals surface area contributed by atoms with Crippen LogP contribution in [0.1, 0.15) is 216 Å². The molecule has 12 N–H and O–H groups in total. The Kier molecular flexibility index (Phi) is 35.9. The molecule has 2 fully saturated rings. The van der Waals surface area contributed by atoms with Gasteiger partial charge in [-0.25, -0.2) is 0 Å². The van der Waals surface area contributed by atoms with E-state index in [0.717, 1.165) is 32.7 Å². The SMILES string of the molecule is CC(C)[C@H](CC(=O)[C@@H](NC(=O)[C@@H]1CCCN1C(=O)[C@@H]1CCCN1C(=O)[C@@H](CC(=O)[C@H](Cc1ccc(O)cc1)NC(=O)[C@H](C)CC(=O)[C@H](Cc1c[nH]c2ccccc12)NC(=O)[C@@H](CC(=O)C(C)(C)NC(=O)C(C)(C)CC(=O)C(C)(C)NC(=O)C(C)(C)CC(=O)CCSSCCCC(=O)c1ccc(-c2c3ccc(=O)cc-3oc3cc(O)ccc23)c(C(=O)[O-])c1)Cc1c[nH]c2ccccc12)Cc1c[nH]c2ccccc12)C(C)C)C(N)=O. The third-order valence-electron chi connectivity index (χ3n) is 28.7. The van der Waals surface area contributed by atoms with E-state index in [1.807, 2.05) is 72.8 Å². The first-order valence-electron chi connectivity index (χ1n) is 50.5. The number of phenolic OH excluding ortho intramolecular Hbond substituents is 2. The number of aromatic amines is 3. The lowest BCUT2D eigenvalue weighted by molar-refractivity contribution is -0.255. The highest BCUT2D eigenvalue weighted by Gasteiger charge is 2.48. The lowest BCUT2D eigenvalue weighted by Gasteiger charge is -2.35. The molecule has 0 unspecified atom stereocenters. The molecule has 0 saturated carbocycles. The summed E-state index contributed by atoms with van der Waals surface area (Å²) in [5.74, 6) is -13.8. The van der Waals surface area contributed by atoms with Gasteiger partial charge in [0.15, 0.2) is 40.1 Å². The normalized spacial score (nSPS) is 15.6. The molecule has 6 heterocycles. The van der Waals surface area contributed by atoms with Crippen molar-refractivity contribution in [2.45, 2.75) is 240 Å². The number of likely N-dealkylation sites (tertiary alicyclic amines) is 2. The van der Waals surface area contributed by atoms with Crippen LogP contribution < -0.4 is 42.9 Å². The first-order chi connectivity index (χ1) is 70.1. The Morgan fingerprint density at radius 3 is 1.64 bits per heavy atom. The number of aromatic nitrogens is 3. The predicted molar refractivity (Wildman–Crippen MR) is 565 cm³/mol. The summed E-state index contributed by atoms with van der Waals surface area (Å²) in [6.45, 7) is 21.1. The van der Waals surface area contributed by atoms with Crippen molar-refractivity contribution in [1.29, 1.82) is 0 Å². The summed E-state index contributed by atoms with van der Waals surface area (Å²) in [6, 6.07) is 35.1. The second-order valence-electron chi connectivity index (χ2n) is 42.5. The maximum atomic E-state index is 15.7. The number of carbonyl (C=O) groups excluding carboxylic acids is 16. The number of para-hydroxylation sites is 3. The lowest BCUT2D eigenvalue weighted by Crippen LogP contribution is -2.57. The Labute approximate surface area is 866 Å². The van der Waals surface area contributed by atoms with Crippen LogP contribution in [0.5, 0.6) is 11.5 Å². The first kappa shape index (κ1) is 111. The van der Waals surface area contributed by atoms with Gasteiger partial charge in [0.25, 0.3) is 0 Å². The molecule has 148 heavy (non-hydrogen) atoms. The van der Waals surface area contributed by atoms with Crippen LogP contribution in [-0.4, -0.2) is 195 Å². The molecule has 0 radical (unpaired) electrons. The number of aromatic hydroxyl groups is 2. The fourth-order valence-electron chi connectivity index (χ4n) is 19.8. The zero-order chi connectivity index (χ0) is 107. The summed E-state index contributed by atoms with van der Waals surface area (Å²) in [7, 11) is 2.84. The predicted octanol–water partition coefficient (Wildman–Crippen LogP) is 13.8. The fraction of sp³-hybridized carbons (Fsp3) is 0.430. The molecular weight excluding hydrogens is 1920 g/mol.